The molecular weight excluding hydrogens is 228 g/mol. The van der Waals surface area contributed by atoms with Crippen LogP contribution in [0.5, 0.6) is 5.75 Å². The number of benzene rings is 2. The van der Waals surface area contributed by atoms with E-state index < -0.39 is 0 Å². The van der Waals surface area contributed by atoms with Crippen molar-refractivity contribution in [3.05, 3.63) is 42.5 Å². The molecule has 0 unspecified atom stereocenters. The number of nitrogens with two attached hydrogens (primary N) is 2. The molecule has 0 saturated carbocycles. The van der Waals surface area contributed by atoms with Crippen molar-refractivity contribution in [1.82, 2.24) is 0 Å². The van der Waals surface area contributed by atoms with Gasteiger partial charge in [-0.1, -0.05) is 0 Å². The third kappa shape index (κ3) is 2.76. The van der Waals surface area contributed by atoms with E-state index in [9.17, 15) is 0 Å². The third-order valence-corrected chi connectivity index (χ3v) is 2.37. The molecule has 0 fully saturated rings. The Labute approximate surface area is 105 Å². The van der Waals surface area contributed by atoms with E-state index in [4.69, 9.17) is 16.2 Å². The first-order valence-corrected chi connectivity index (χ1v) is 5.40. The lowest BCUT2D eigenvalue weighted by molar-refractivity contribution is 0.416. The van der Waals surface area contributed by atoms with E-state index in [-0.39, 0.29) is 0 Å². The monoisotopic (exact) mass is 242 g/mol. The van der Waals surface area contributed by atoms with Gasteiger partial charge in [0.1, 0.15) is 11.4 Å². The summed E-state index contributed by atoms with van der Waals surface area (Å²) in [6, 6.07) is 12.3. The Morgan fingerprint density at radius 1 is 0.889 bits per heavy atom. The highest BCUT2D eigenvalue weighted by atomic mass is 16.5. The van der Waals surface area contributed by atoms with E-state index in [1.165, 1.54) is 0 Å². The summed E-state index contributed by atoms with van der Waals surface area (Å²) in [6.07, 6.45) is 0. The zero-order valence-corrected chi connectivity index (χ0v) is 10.00. The van der Waals surface area contributed by atoms with Gasteiger partial charge in [0.25, 0.3) is 0 Å². The van der Waals surface area contributed by atoms with E-state index >= 15 is 0 Å². The second-order valence-corrected chi connectivity index (χ2v) is 3.72. The Bertz CT molecular complexity index is 564. The van der Waals surface area contributed by atoms with Gasteiger partial charge in [-0.15, -0.1) is 5.11 Å². The van der Waals surface area contributed by atoms with Gasteiger partial charge >= 0.3 is 0 Å². The maximum atomic E-state index is 5.66. The zero-order valence-electron chi connectivity index (χ0n) is 10.00. The number of methoxy groups -OCH3 is 1. The molecule has 0 radical (unpaired) electrons. The molecule has 0 heterocycles. The van der Waals surface area contributed by atoms with Gasteiger partial charge in [0.15, 0.2) is 0 Å². The van der Waals surface area contributed by atoms with Crippen LogP contribution in [0, 0.1) is 0 Å². The fourth-order valence-corrected chi connectivity index (χ4v) is 1.43. The molecule has 0 amide bonds. The summed E-state index contributed by atoms with van der Waals surface area (Å²) in [6.45, 7) is 0. The first-order chi connectivity index (χ1) is 8.69. The van der Waals surface area contributed by atoms with Gasteiger partial charge in [-0.25, -0.2) is 0 Å². The van der Waals surface area contributed by atoms with Crippen LogP contribution in [0.1, 0.15) is 0 Å². The lowest BCUT2D eigenvalue weighted by atomic mass is 10.2. The Morgan fingerprint density at radius 3 is 2.22 bits per heavy atom. The number of hydrogen-bond donors (Lipinski definition) is 2. The number of ether oxygens (including phenoxy) is 1. The normalized spacial score (nSPS) is 10.7. The van der Waals surface area contributed by atoms with Crippen LogP contribution in [-0.4, -0.2) is 7.11 Å². The van der Waals surface area contributed by atoms with Crippen molar-refractivity contribution in [2.24, 2.45) is 10.2 Å². The van der Waals surface area contributed by atoms with Crippen LogP contribution in [0.4, 0.5) is 22.7 Å². The topological polar surface area (TPSA) is 86.0 Å². The molecule has 0 aromatic heterocycles. The van der Waals surface area contributed by atoms with Crippen molar-refractivity contribution in [3.8, 4) is 5.75 Å². The number of rotatable bonds is 3. The maximum absolute atomic E-state index is 5.66. The molecule has 2 aromatic carbocycles. The molecule has 92 valence electrons. The molecule has 18 heavy (non-hydrogen) atoms. The van der Waals surface area contributed by atoms with Crippen molar-refractivity contribution in [3.63, 3.8) is 0 Å². The molecule has 0 atom stereocenters. The average Bonchev–Trinajstić information content (AvgIpc) is 2.39. The van der Waals surface area contributed by atoms with Crippen molar-refractivity contribution >= 4 is 22.7 Å². The van der Waals surface area contributed by atoms with Crippen molar-refractivity contribution in [2.45, 2.75) is 0 Å². The van der Waals surface area contributed by atoms with Gasteiger partial charge in [0, 0.05) is 17.4 Å². The molecule has 5 heteroatoms. The number of nitrogens with zero attached hydrogens (tertiary/aromatic N) is 2. The van der Waals surface area contributed by atoms with Gasteiger partial charge in [0.05, 0.1) is 12.8 Å². The molecule has 2 rings (SSSR count). The van der Waals surface area contributed by atoms with Crippen LogP contribution in [0.25, 0.3) is 0 Å². The van der Waals surface area contributed by atoms with Crippen LogP contribution in [0.15, 0.2) is 52.7 Å². The predicted octanol–water partition coefficient (Wildman–Crippen LogP) is 3.28. The minimum absolute atomic E-state index is 0.592. The minimum atomic E-state index is 0.592. The molecule has 2 aromatic rings. The maximum Gasteiger partial charge on any atom is 0.148 e. The van der Waals surface area contributed by atoms with Gasteiger partial charge < -0.3 is 16.2 Å². The lowest BCUT2D eigenvalue weighted by Gasteiger charge is -2.04. The third-order valence-electron chi connectivity index (χ3n) is 2.37. The van der Waals surface area contributed by atoms with E-state index in [0.717, 1.165) is 5.69 Å². The van der Waals surface area contributed by atoms with Crippen molar-refractivity contribution in [2.75, 3.05) is 18.6 Å². The standard InChI is InChI=1S/C13H14N4O/c1-18-13-8-10(15)4-7-12(13)17-16-11-5-2-9(14)3-6-11/h2-8H,14-15H2,1H3. The van der Waals surface area contributed by atoms with Crippen LogP contribution in [-0.2, 0) is 0 Å². The summed E-state index contributed by atoms with van der Waals surface area (Å²) in [4.78, 5) is 0. The zero-order chi connectivity index (χ0) is 13.0. The molecule has 0 saturated heterocycles. The first-order valence-electron chi connectivity index (χ1n) is 5.40. The SMILES string of the molecule is COc1cc(N)ccc1N=Nc1ccc(N)cc1. The van der Waals surface area contributed by atoms with Crippen LogP contribution >= 0.6 is 0 Å². The number of azo groups is 1. The fraction of sp³-hybridized carbons (Fsp3) is 0.0769. The van der Waals surface area contributed by atoms with Gasteiger partial charge in [-0.2, -0.15) is 5.11 Å². The highest BCUT2D eigenvalue weighted by Crippen LogP contribution is 2.30. The van der Waals surface area contributed by atoms with E-state index in [2.05, 4.69) is 10.2 Å². The predicted molar refractivity (Wildman–Crippen MR) is 72.4 cm³/mol. The molecule has 0 aliphatic rings. The van der Waals surface area contributed by atoms with E-state index in [1.54, 1.807) is 49.6 Å². The second kappa shape index (κ2) is 5.18. The molecule has 0 bridgehead atoms. The molecule has 5 nitrogen and oxygen atoms in total. The highest BCUT2D eigenvalue weighted by molar-refractivity contribution is 5.59. The summed E-state index contributed by atoms with van der Waals surface area (Å²) in [5, 5.41) is 8.23. The second-order valence-electron chi connectivity index (χ2n) is 3.72. The van der Waals surface area contributed by atoms with Gasteiger partial charge in [0.2, 0.25) is 0 Å². The van der Waals surface area contributed by atoms with E-state index in [1.807, 2.05) is 0 Å². The summed E-state index contributed by atoms with van der Waals surface area (Å²) in [5.74, 6) is 0.592. The molecule has 0 aliphatic carbocycles. The van der Waals surface area contributed by atoms with Crippen LogP contribution in [0.2, 0.25) is 0 Å². The molecule has 4 N–H and O–H groups in total. The van der Waals surface area contributed by atoms with Gasteiger partial charge in [-0.3, -0.25) is 0 Å². The van der Waals surface area contributed by atoms with Gasteiger partial charge in [-0.05, 0) is 36.4 Å². The number of hydrogen-bond acceptors (Lipinski definition) is 5. The smallest absolute Gasteiger partial charge is 0.148 e. The number of nitrogen functional groups attached to an aromatic ring is 2. The summed E-state index contributed by atoms with van der Waals surface area (Å²) in [7, 11) is 1.57. The fourth-order valence-electron chi connectivity index (χ4n) is 1.43. The Morgan fingerprint density at radius 2 is 1.56 bits per heavy atom. The number of anilines is 2. The Balaban J connectivity index is 2.25. The average molecular weight is 242 g/mol. The Kier molecular flexibility index (Phi) is 3.43. The first kappa shape index (κ1) is 11.9. The lowest BCUT2D eigenvalue weighted by Crippen LogP contribution is -1.87. The van der Waals surface area contributed by atoms with Crippen LogP contribution in [0.3, 0.4) is 0 Å². The van der Waals surface area contributed by atoms with Crippen molar-refractivity contribution in [1.29, 1.82) is 0 Å². The highest BCUT2D eigenvalue weighted by Gasteiger charge is 2.01. The summed E-state index contributed by atoms with van der Waals surface area (Å²) >= 11 is 0. The molecule has 0 aliphatic heterocycles. The van der Waals surface area contributed by atoms with Crippen LogP contribution < -0.4 is 16.2 Å². The summed E-state index contributed by atoms with van der Waals surface area (Å²) in [5.41, 5.74) is 13.9. The summed E-state index contributed by atoms with van der Waals surface area (Å²) < 4.78 is 5.18. The minimum Gasteiger partial charge on any atom is -0.494 e. The van der Waals surface area contributed by atoms with E-state index in [0.29, 0.717) is 22.8 Å². The Hall–Kier alpha value is -2.56. The quantitative estimate of drug-likeness (QED) is 0.639. The van der Waals surface area contributed by atoms with Crippen molar-refractivity contribution < 1.29 is 4.74 Å². The molecular formula is C13H14N4O. The largest absolute Gasteiger partial charge is 0.494 e. The molecule has 0 spiro atoms.